The third-order valence-corrected chi connectivity index (χ3v) is 3.15. The zero-order valence-corrected chi connectivity index (χ0v) is 11.6. The number of fused-ring (bicyclic) bond motifs is 1. The van der Waals surface area contributed by atoms with E-state index in [0.717, 1.165) is 0 Å². The van der Waals surface area contributed by atoms with E-state index in [2.05, 4.69) is 10.1 Å². The molecule has 8 heteroatoms. The number of rotatable bonds is 3. The molecule has 0 aliphatic heterocycles. The summed E-state index contributed by atoms with van der Waals surface area (Å²) in [5.74, 6) is 0.418. The molecule has 1 aromatic carbocycles. The topological polar surface area (TPSA) is 82.6 Å². The van der Waals surface area contributed by atoms with Gasteiger partial charge in [0, 0.05) is 17.7 Å². The lowest BCUT2D eigenvalue weighted by Gasteiger charge is -2.02. The highest BCUT2D eigenvalue weighted by Crippen LogP contribution is 2.31. The summed E-state index contributed by atoms with van der Waals surface area (Å²) in [6, 6.07) is 9.40. The Morgan fingerprint density at radius 1 is 1.24 bits per heavy atom. The number of nitro groups is 1. The fourth-order valence-electron chi connectivity index (χ4n) is 2.00. The zero-order valence-electron chi connectivity index (χ0n) is 10.9. The first-order chi connectivity index (χ1) is 10.1. The van der Waals surface area contributed by atoms with Gasteiger partial charge in [-0.2, -0.15) is 9.61 Å². The number of ether oxygens (including phenoxy) is 1. The van der Waals surface area contributed by atoms with E-state index in [4.69, 9.17) is 16.3 Å². The largest absolute Gasteiger partial charge is 0.479 e. The van der Waals surface area contributed by atoms with Gasteiger partial charge >= 0.3 is 0 Å². The van der Waals surface area contributed by atoms with Crippen LogP contribution in [-0.4, -0.2) is 26.6 Å². The Kier molecular flexibility index (Phi) is 3.19. The molecule has 3 aromatic rings. The van der Waals surface area contributed by atoms with Gasteiger partial charge in [-0.25, -0.2) is 4.98 Å². The SMILES string of the molecule is COc1c(-c2ccc([N+](=O)[O-])cc2)nc2ccc(Cl)nn12. The molecule has 0 aliphatic carbocycles. The molecule has 0 fully saturated rings. The third kappa shape index (κ3) is 2.27. The summed E-state index contributed by atoms with van der Waals surface area (Å²) in [5, 5.41) is 15.1. The van der Waals surface area contributed by atoms with E-state index in [0.29, 0.717) is 27.9 Å². The first kappa shape index (κ1) is 13.3. The van der Waals surface area contributed by atoms with Crippen molar-refractivity contribution in [3.05, 3.63) is 51.7 Å². The van der Waals surface area contributed by atoms with Crippen LogP contribution in [0.4, 0.5) is 5.69 Å². The van der Waals surface area contributed by atoms with E-state index in [-0.39, 0.29) is 5.69 Å². The predicted octanol–water partition coefficient (Wildman–Crippen LogP) is 2.97. The number of methoxy groups -OCH3 is 1. The van der Waals surface area contributed by atoms with Crippen molar-refractivity contribution in [3.63, 3.8) is 0 Å². The molecule has 0 bridgehead atoms. The van der Waals surface area contributed by atoms with Crippen molar-refractivity contribution in [1.82, 2.24) is 14.6 Å². The van der Waals surface area contributed by atoms with Gasteiger partial charge in [0.25, 0.3) is 5.69 Å². The van der Waals surface area contributed by atoms with E-state index in [1.165, 1.54) is 23.8 Å². The number of nitrogens with zero attached hydrogens (tertiary/aromatic N) is 4. The van der Waals surface area contributed by atoms with Gasteiger partial charge in [0.05, 0.1) is 12.0 Å². The molecular formula is C13H9ClN4O3. The Morgan fingerprint density at radius 2 is 1.95 bits per heavy atom. The Hall–Kier alpha value is -2.67. The number of non-ortho nitro benzene ring substituents is 1. The molecule has 3 rings (SSSR count). The van der Waals surface area contributed by atoms with Gasteiger partial charge in [-0.15, -0.1) is 0 Å². The van der Waals surface area contributed by atoms with Crippen LogP contribution in [-0.2, 0) is 0 Å². The molecule has 2 heterocycles. The molecule has 0 unspecified atom stereocenters. The van der Waals surface area contributed by atoms with Crippen LogP contribution >= 0.6 is 11.6 Å². The number of hydrogen-bond acceptors (Lipinski definition) is 5. The first-order valence-corrected chi connectivity index (χ1v) is 6.32. The molecule has 7 nitrogen and oxygen atoms in total. The monoisotopic (exact) mass is 304 g/mol. The molecule has 21 heavy (non-hydrogen) atoms. The van der Waals surface area contributed by atoms with Gasteiger partial charge in [0.15, 0.2) is 5.65 Å². The van der Waals surface area contributed by atoms with Crippen LogP contribution in [0.5, 0.6) is 5.88 Å². The fourth-order valence-corrected chi connectivity index (χ4v) is 2.14. The van der Waals surface area contributed by atoms with E-state index in [1.54, 1.807) is 24.3 Å². The minimum absolute atomic E-state index is 0.0163. The molecule has 0 saturated heterocycles. The third-order valence-electron chi connectivity index (χ3n) is 2.95. The van der Waals surface area contributed by atoms with Crippen molar-refractivity contribution in [2.24, 2.45) is 0 Å². The van der Waals surface area contributed by atoms with Gasteiger partial charge in [-0.1, -0.05) is 11.6 Å². The molecule has 0 aliphatic rings. The predicted molar refractivity (Wildman–Crippen MR) is 76.6 cm³/mol. The maximum absolute atomic E-state index is 10.7. The number of nitro benzene ring substituents is 1. The normalized spacial score (nSPS) is 10.8. The molecule has 2 aromatic heterocycles. The fraction of sp³-hybridized carbons (Fsp3) is 0.0769. The van der Waals surface area contributed by atoms with Crippen molar-refractivity contribution in [2.45, 2.75) is 0 Å². The van der Waals surface area contributed by atoms with Gasteiger partial charge in [0.1, 0.15) is 10.8 Å². The summed E-state index contributed by atoms with van der Waals surface area (Å²) in [7, 11) is 1.50. The van der Waals surface area contributed by atoms with Crippen molar-refractivity contribution in [3.8, 4) is 17.1 Å². The lowest BCUT2D eigenvalue weighted by atomic mass is 10.1. The van der Waals surface area contributed by atoms with Crippen LogP contribution in [0.15, 0.2) is 36.4 Å². The van der Waals surface area contributed by atoms with Crippen molar-refractivity contribution in [2.75, 3.05) is 7.11 Å². The number of benzene rings is 1. The van der Waals surface area contributed by atoms with Crippen LogP contribution < -0.4 is 4.74 Å². The molecule has 106 valence electrons. The quantitative estimate of drug-likeness (QED) is 0.549. The summed E-state index contributed by atoms with van der Waals surface area (Å²) < 4.78 is 6.82. The minimum Gasteiger partial charge on any atom is -0.479 e. The molecule has 0 amide bonds. The number of aromatic nitrogens is 3. The van der Waals surface area contributed by atoms with Crippen molar-refractivity contribution < 1.29 is 9.66 Å². The first-order valence-electron chi connectivity index (χ1n) is 5.94. The van der Waals surface area contributed by atoms with E-state index >= 15 is 0 Å². The molecule has 0 saturated carbocycles. The lowest BCUT2D eigenvalue weighted by Crippen LogP contribution is -1.96. The molecule has 0 atom stereocenters. The minimum atomic E-state index is -0.452. The summed E-state index contributed by atoms with van der Waals surface area (Å²) in [4.78, 5) is 14.7. The highest BCUT2D eigenvalue weighted by atomic mass is 35.5. The average Bonchev–Trinajstić information content (AvgIpc) is 2.85. The second-order valence-electron chi connectivity index (χ2n) is 4.20. The molecular weight excluding hydrogens is 296 g/mol. The van der Waals surface area contributed by atoms with Gasteiger partial charge in [-0.05, 0) is 24.3 Å². The number of hydrogen-bond donors (Lipinski definition) is 0. The highest BCUT2D eigenvalue weighted by Gasteiger charge is 2.17. The van der Waals surface area contributed by atoms with Crippen LogP contribution in [0.2, 0.25) is 5.15 Å². The summed E-state index contributed by atoms with van der Waals surface area (Å²) in [5.41, 5.74) is 1.83. The zero-order chi connectivity index (χ0) is 15.0. The van der Waals surface area contributed by atoms with Crippen LogP contribution in [0.25, 0.3) is 16.9 Å². The van der Waals surface area contributed by atoms with Crippen molar-refractivity contribution in [1.29, 1.82) is 0 Å². The van der Waals surface area contributed by atoms with Crippen LogP contribution in [0, 0.1) is 10.1 Å². The van der Waals surface area contributed by atoms with Gasteiger partial charge in [0.2, 0.25) is 5.88 Å². The summed E-state index contributed by atoms with van der Waals surface area (Å²) in [6.07, 6.45) is 0. The maximum atomic E-state index is 10.7. The van der Waals surface area contributed by atoms with Crippen molar-refractivity contribution >= 4 is 22.9 Å². The number of imidazole rings is 1. The summed E-state index contributed by atoms with van der Waals surface area (Å²) in [6.45, 7) is 0. The average molecular weight is 305 g/mol. The smallest absolute Gasteiger partial charge is 0.269 e. The van der Waals surface area contributed by atoms with Gasteiger partial charge < -0.3 is 4.74 Å². The molecule has 0 radical (unpaired) electrons. The molecule has 0 N–H and O–H groups in total. The van der Waals surface area contributed by atoms with Gasteiger partial charge in [-0.3, -0.25) is 10.1 Å². The lowest BCUT2D eigenvalue weighted by molar-refractivity contribution is -0.384. The van der Waals surface area contributed by atoms with E-state index in [1.807, 2.05) is 0 Å². The Morgan fingerprint density at radius 3 is 2.57 bits per heavy atom. The van der Waals surface area contributed by atoms with Crippen LogP contribution in [0.1, 0.15) is 0 Å². The Labute approximate surface area is 123 Å². The number of halogens is 1. The highest BCUT2D eigenvalue weighted by molar-refractivity contribution is 6.29. The maximum Gasteiger partial charge on any atom is 0.269 e. The second kappa shape index (κ2) is 5.02. The Bertz CT molecular complexity index is 829. The molecule has 0 spiro atoms. The van der Waals surface area contributed by atoms with E-state index < -0.39 is 4.92 Å². The van der Waals surface area contributed by atoms with E-state index in [9.17, 15) is 10.1 Å². The second-order valence-corrected chi connectivity index (χ2v) is 4.59. The summed E-state index contributed by atoms with van der Waals surface area (Å²) >= 11 is 5.87. The van der Waals surface area contributed by atoms with Crippen LogP contribution in [0.3, 0.4) is 0 Å². The standard InChI is InChI=1S/C13H9ClN4O3/c1-21-13-12(8-2-4-9(5-3-8)18(19)20)15-11-7-6-10(14)16-17(11)13/h2-7H,1H3. The Balaban J connectivity index is 2.17.